The Balaban J connectivity index is 1.95. The quantitative estimate of drug-likeness (QED) is 0.780. The van der Waals surface area contributed by atoms with Crippen LogP contribution in [0.5, 0.6) is 0 Å². The highest BCUT2D eigenvalue weighted by Gasteiger charge is 2.42. The van der Waals surface area contributed by atoms with Gasteiger partial charge in [0.2, 0.25) is 0 Å². The van der Waals surface area contributed by atoms with Crippen LogP contribution >= 0.6 is 12.2 Å². The Bertz CT molecular complexity index is 438. The first-order valence-corrected chi connectivity index (χ1v) is 6.10. The Morgan fingerprint density at radius 1 is 1.50 bits per heavy atom. The second kappa shape index (κ2) is 3.94. The summed E-state index contributed by atoms with van der Waals surface area (Å²) >= 11 is 5.21. The van der Waals surface area contributed by atoms with Gasteiger partial charge in [0.05, 0.1) is 12.1 Å². The zero-order valence-corrected chi connectivity index (χ0v) is 9.74. The fourth-order valence-corrected chi connectivity index (χ4v) is 2.83. The topological polar surface area (TPSA) is 63.1 Å². The smallest absolute Gasteiger partial charge is 0.195 e. The Labute approximate surface area is 98.4 Å². The lowest BCUT2D eigenvalue weighted by Gasteiger charge is -2.20. The predicted molar refractivity (Wildman–Crippen MR) is 59.5 cm³/mol. The minimum Gasteiger partial charge on any atom is -0.388 e. The van der Waals surface area contributed by atoms with Crippen molar-refractivity contribution >= 4 is 12.2 Å². The van der Waals surface area contributed by atoms with E-state index in [2.05, 4.69) is 10.2 Å². The lowest BCUT2D eigenvalue weighted by Crippen LogP contribution is -2.23. The van der Waals surface area contributed by atoms with Gasteiger partial charge in [-0.2, -0.15) is 5.10 Å². The van der Waals surface area contributed by atoms with Crippen LogP contribution in [0.25, 0.3) is 0 Å². The maximum atomic E-state index is 9.24. The van der Waals surface area contributed by atoms with Gasteiger partial charge in [-0.25, -0.2) is 0 Å². The zero-order valence-electron chi connectivity index (χ0n) is 8.93. The number of aromatic nitrogens is 3. The molecule has 1 aromatic rings. The van der Waals surface area contributed by atoms with E-state index in [1.54, 1.807) is 0 Å². The lowest BCUT2D eigenvalue weighted by molar-refractivity contribution is 0.0733. The second-order valence-electron chi connectivity index (χ2n) is 4.50. The predicted octanol–water partition coefficient (Wildman–Crippen LogP) is 1.17. The van der Waals surface area contributed by atoms with Crippen LogP contribution in [0.4, 0.5) is 0 Å². The number of ether oxygens (including phenoxy) is 1. The molecule has 2 aliphatic rings. The minimum absolute atomic E-state index is 0.0823. The largest absolute Gasteiger partial charge is 0.388 e. The molecule has 16 heavy (non-hydrogen) atoms. The molecule has 1 aromatic heterocycles. The molecular formula is C10H15N3O2S. The first-order chi connectivity index (χ1) is 7.81. The van der Waals surface area contributed by atoms with Crippen molar-refractivity contribution in [2.45, 2.75) is 38.0 Å². The van der Waals surface area contributed by atoms with Crippen molar-refractivity contribution in [3.8, 4) is 0 Å². The normalized spacial score (nSPS) is 29.8. The van der Waals surface area contributed by atoms with E-state index < -0.39 is 0 Å². The summed E-state index contributed by atoms with van der Waals surface area (Å²) in [6.45, 7) is 0.699. The molecule has 0 aromatic carbocycles. The van der Waals surface area contributed by atoms with E-state index in [4.69, 9.17) is 17.0 Å². The summed E-state index contributed by atoms with van der Waals surface area (Å²) < 4.78 is 8.30. The van der Waals surface area contributed by atoms with E-state index in [1.807, 2.05) is 4.57 Å². The molecule has 2 N–H and O–H groups in total. The first-order valence-electron chi connectivity index (χ1n) is 5.69. The van der Waals surface area contributed by atoms with E-state index in [0.717, 1.165) is 13.0 Å². The van der Waals surface area contributed by atoms with Gasteiger partial charge in [0.25, 0.3) is 0 Å². The van der Waals surface area contributed by atoms with Gasteiger partial charge in [0.1, 0.15) is 6.61 Å². The molecule has 1 aliphatic heterocycles. The van der Waals surface area contributed by atoms with Crippen LogP contribution in [-0.4, -0.2) is 32.6 Å². The number of aliphatic hydroxyl groups is 1. The average Bonchev–Trinajstić information content (AvgIpc) is 2.90. The van der Waals surface area contributed by atoms with Gasteiger partial charge >= 0.3 is 0 Å². The van der Waals surface area contributed by atoms with Gasteiger partial charge in [0.15, 0.2) is 10.6 Å². The second-order valence-corrected chi connectivity index (χ2v) is 4.89. The SMILES string of the molecule is OCc1n[nH]c(=S)n1C1CCOC1C1CC1. The summed E-state index contributed by atoms with van der Waals surface area (Å²) in [7, 11) is 0. The number of nitrogens with one attached hydrogen (secondary N) is 1. The molecule has 1 aliphatic carbocycles. The number of hydrogen-bond donors (Lipinski definition) is 2. The van der Waals surface area contributed by atoms with Crippen LogP contribution in [0.1, 0.15) is 31.1 Å². The van der Waals surface area contributed by atoms with E-state index in [-0.39, 0.29) is 18.8 Å². The van der Waals surface area contributed by atoms with Crippen molar-refractivity contribution in [2.24, 2.45) is 5.92 Å². The molecule has 88 valence electrons. The third-order valence-corrected chi connectivity index (χ3v) is 3.73. The fraction of sp³-hybridized carbons (Fsp3) is 0.800. The molecule has 0 bridgehead atoms. The van der Waals surface area contributed by atoms with Crippen molar-refractivity contribution in [3.63, 3.8) is 0 Å². The molecule has 0 amide bonds. The van der Waals surface area contributed by atoms with Gasteiger partial charge in [-0.05, 0) is 37.4 Å². The van der Waals surface area contributed by atoms with E-state index in [0.29, 0.717) is 16.5 Å². The van der Waals surface area contributed by atoms with Crippen LogP contribution in [0.3, 0.4) is 0 Å². The monoisotopic (exact) mass is 241 g/mol. The van der Waals surface area contributed by atoms with Crippen molar-refractivity contribution in [3.05, 3.63) is 10.6 Å². The Morgan fingerprint density at radius 2 is 2.31 bits per heavy atom. The summed E-state index contributed by atoms with van der Waals surface area (Å²) in [6, 6.07) is 0.251. The minimum atomic E-state index is -0.0823. The zero-order chi connectivity index (χ0) is 11.1. The summed E-state index contributed by atoms with van der Waals surface area (Å²) in [5.41, 5.74) is 0. The highest BCUT2D eigenvalue weighted by atomic mass is 32.1. The Kier molecular flexibility index (Phi) is 2.57. The molecular weight excluding hydrogens is 226 g/mol. The third kappa shape index (κ3) is 1.61. The number of hydrogen-bond acceptors (Lipinski definition) is 4. The first kappa shape index (κ1) is 10.4. The highest BCUT2D eigenvalue weighted by Crippen LogP contribution is 2.43. The van der Waals surface area contributed by atoms with Gasteiger partial charge in [-0.15, -0.1) is 0 Å². The summed E-state index contributed by atoms with van der Waals surface area (Å²) in [5, 5.41) is 16.0. The van der Waals surface area contributed by atoms with Crippen LogP contribution in [0, 0.1) is 10.7 Å². The molecule has 3 rings (SSSR count). The lowest BCUT2D eigenvalue weighted by atomic mass is 10.1. The van der Waals surface area contributed by atoms with Gasteiger partial charge < -0.3 is 9.84 Å². The number of aliphatic hydroxyl groups excluding tert-OH is 1. The summed E-state index contributed by atoms with van der Waals surface area (Å²) in [4.78, 5) is 0. The molecule has 2 fully saturated rings. The molecule has 1 saturated heterocycles. The van der Waals surface area contributed by atoms with Crippen molar-refractivity contribution in [2.75, 3.05) is 6.61 Å². The maximum absolute atomic E-state index is 9.24. The standard InChI is InChI=1S/C10H15N3O2S/c14-5-8-11-12-10(16)13(8)7-3-4-15-9(7)6-1-2-6/h6-7,9,14H,1-5H2,(H,12,16). The van der Waals surface area contributed by atoms with Crippen LogP contribution in [0.2, 0.25) is 0 Å². The Morgan fingerprint density at radius 3 is 3.00 bits per heavy atom. The van der Waals surface area contributed by atoms with E-state index >= 15 is 0 Å². The van der Waals surface area contributed by atoms with Gasteiger partial charge in [-0.1, -0.05) is 0 Å². The van der Waals surface area contributed by atoms with Crippen molar-refractivity contribution < 1.29 is 9.84 Å². The number of aromatic amines is 1. The molecule has 2 atom stereocenters. The molecule has 6 heteroatoms. The maximum Gasteiger partial charge on any atom is 0.195 e. The van der Waals surface area contributed by atoms with Gasteiger partial charge in [-0.3, -0.25) is 9.67 Å². The number of rotatable bonds is 3. The van der Waals surface area contributed by atoms with Crippen molar-refractivity contribution in [1.82, 2.24) is 14.8 Å². The van der Waals surface area contributed by atoms with Crippen LogP contribution in [-0.2, 0) is 11.3 Å². The summed E-state index contributed by atoms with van der Waals surface area (Å²) in [5.74, 6) is 1.29. The van der Waals surface area contributed by atoms with E-state index in [1.165, 1.54) is 12.8 Å². The Hall–Kier alpha value is -0.720. The molecule has 5 nitrogen and oxygen atoms in total. The fourth-order valence-electron chi connectivity index (χ4n) is 2.54. The molecule has 0 radical (unpaired) electrons. The molecule has 1 saturated carbocycles. The van der Waals surface area contributed by atoms with Crippen LogP contribution in [0.15, 0.2) is 0 Å². The number of nitrogens with zero attached hydrogens (tertiary/aromatic N) is 2. The van der Waals surface area contributed by atoms with Gasteiger partial charge in [0, 0.05) is 6.61 Å². The highest BCUT2D eigenvalue weighted by molar-refractivity contribution is 7.71. The molecule has 2 heterocycles. The number of H-pyrrole nitrogens is 1. The third-order valence-electron chi connectivity index (χ3n) is 3.44. The van der Waals surface area contributed by atoms with Crippen LogP contribution < -0.4 is 0 Å². The van der Waals surface area contributed by atoms with E-state index in [9.17, 15) is 5.11 Å². The summed E-state index contributed by atoms with van der Waals surface area (Å²) in [6.07, 6.45) is 3.72. The van der Waals surface area contributed by atoms with Crippen molar-refractivity contribution in [1.29, 1.82) is 0 Å². The molecule has 2 unspecified atom stereocenters. The average molecular weight is 241 g/mol. The molecule has 0 spiro atoms.